The van der Waals surface area contributed by atoms with Crippen molar-refractivity contribution in [2.45, 2.75) is 251 Å². The van der Waals surface area contributed by atoms with E-state index in [0.29, 0.717) is 17.4 Å². The van der Waals surface area contributed by atoms with Gasteiger partial charge in [-0.2, -0.15) is 0 Å². The van der Waals surface area contributed by atoms with E-state index in [0.717, 1.165) is 77.0 Å². The van der Waals surface area contributed by atoms with Crippen LogP contribution in [0.25, 0.3) is 0 Å². The molecule has 406 valence electrons. The van der Waals surface area contributed by atoms with Gasteiger partial charge in [0.05, 0.1) is 27.7 Å². The van der Waals surface area contributed by atoms with Crippen LogP contribution in [0.1, 0.15) is 245 Å². The van der Waals surface area contributed by atoms with Gasteiger partial charge in [0.15, 0.2) is 6.10 Å². The minimum atomic E-state index is -4.39. The van der Waals surface area contributed by atoms with Crippen molar-refractivity contribution in [2.24, 2.45) is 0 Å². The van der Waals surface area contributed by atoms with Crippen molar-refractivity contribution in [3.8, 4) is 0 Å². The fraction of sp³-hybridized carbons (Fsp3) is 0.767. The summed E-state index contributed by atoms with van der Waals surface area (Å²) in [7, 11) is 1.47. The third kappa shape index (κ3) is 54.8. The lowest BCUT2D eigenvalue weighted by molar-refractivity contribution is -0.870. The molecule has 0 rings (SSSR count). The van der Waals surface area contributed by atoms with E-state index < -0.39 is 26.5 Å². The Hall–Kier alpha value is -2.55. The first-order chi connectivity index (χ1) is 34.0. The quantitative estimate of drug-likeness (QED) is 0.0211. The molecule has 0 amide bonds. The molecule has 0 spiro atoms. The summed E-state index contributed by atoms with van der Waals surface area (Å²) in [5, 5.41) is 0. The van der Waals surface area contributed by atoms with E-state index >= 15 is 0 Å². The summed E-state index contributed by atoms with van der Waals surface area (Å²) in [6.07, 6.45) is 66.8. The third-order valence-corrected chi connectivity index (χ3v) is 13.2. The van der Waals surface area contributed by atoms with E-state index in [1.165, 1.54) is 135 Å². The molecular weight excluding hydrogens is 894 g/mol. The molecule has 2 unspecified atom stereocenters. The second-order valence-corrected chi connectivity index (χ2v) is 21.7. The van der Waals surface area contributed by atoms with Crippen molar-refractivity contribution in [1.29, 1.82) is 0 Å². The molecule has 0 aromatic rings. The van der Waals surface area contributed by atoms with Crippen LogP contribution < -0.4 is 0 Å². The molecule has 0 saturated carbocycles. The highest BCUT2D eigenvalue weighted by atomic mass is 31.2. The minimum absolute atomic E-state index is 0.0273. The summed E-state index contributed by atoms with van der Waals surface area (Å²) >= 11 is 0. The van der Waals surface area contributed by atoms with E-state index in [1.807, 2.05) is 21.1 Å². The number of hydrogen-bond donors (Lipinski definition) is 1. The van der Waals surface area contributed by atoms with Gasteiger partial charge in [0.25, 0.3) is 0 Å². The normalized spacial score (nSPS) is 13.9. The van der Waals surface area contributed by atoms with Gasteiger partial charge < -0.3 is 18.9 Å². The van der Waals surface area contributed by atoms with E-state index in [-0.39, 0.29) is 32.0 Å². The highest BCUT2D eigenvalue weighted by Gasteiger charge is 2.27. The Labute approximate surface area is 431 Å². The predicted molar refractivity (Wildman–Crippen MR) is 298 cm³/mol. The monoisotopic (exact) mass is 1000 g/mol. The van der Waals surface area contributed by atoms with Gasteiger partial charge in [0.1, 0.15) is 19.8 Å². The smallest absolute Gasteiger partial charge is 0.462 e. The van der Waals surface area contributed by atoms with Gasteiger partial charge >= 0.3 is 19.8 Å². The van der Waals surface area contributed by atoms with Crippen LogP contribution in [0.4, 0.5) is 0 Å². The number of ether oxygens (including phenoxy) is 2. The van der Waals surface area contributed by atoms with Crippen molar-refractivity contribution < 1.29 is 42.1 Å². The number of carbonyl (C=O) groups is 2. The Morgan fingerprint density at radius 1 is 0.457 bits per heavy atom. The molecule has 0 fully saturated rings. The van der Waals surface area contributed by atoms with E-state index in [2.05, 4.69) is 86.8 Å². The summed E-state index contributed by atoms with van der Waals surface area (Å²) in [5.74, 6) is -0.805. The van der Waals surface area contributed by atoms with Crippen LogP contribution in [-0.4, -0.2) is 74.9 Å². The molecule has 0 radical (unpaired) electrons. The molecule has 2 atom stereocenters. The van der Waals surface area contributed by atoms with Gasteiger partial charge in [0, 0.05) is 12.8 Å². The van der Waals surface area contributed by atoms with Gasteiger partial charge in [-0.05, 0) is 83.5 Å². The Morgan fingerprint density at radius 2 is 0.814 bits per heavy atom. The van der Waals surface area contributed by atoms with Gasteiger partial charge in [-0.25, -0.2) is 4.57 Å². The summed E-state index contributed by atoms with van der Waals surface area (Å²) < 4.78 is 34.6. The summed E-state index contributed by atoms with van der Waals surface area (Å²) in [5.41, 5.74) is 0. The lowest BCUT2D eigenvalue weighted by Crippen LogP contribution is -2.37. The Morgan fingerprint density at radius 3 is 1.21 bits per heavy atom. The number of phosphoric ester groups is 1. The molecule has 0 heterocycles. The molecule has 10 heteroatoms. The number of esters is 2. The number of quaternary nitrogens is 1. The van der Waals surface area contributed by atoms with Crippen LogP contribution in [0, 0.1) is 0 Å². The van der Waals surface area contributed by atoms with Crippen LogP contribution in [0.15, 0.2) is 72.9 Å². The van der Waals surface area contributed by atoms with E-state index in [1.54, 1.807) is 0 Å². The first-order valence-corrected chi connectivity index (χ1v) is 30.2. The second-order valence-electron chi connectivity index (χ2n) is 20.3. The number of hydrogen-bond acceptors (Lipinski definition) is 7. The highest BCUT2D eigenvalue weighted by molar-refractivity contribution is 7.47. The Balaban J connectivity index is 4.18. The topological polar surface area (TPSA) is 108 Å². The minimum Gasteiger partial charge on any atom is -0.462 e. The third-order valence-electron chi connectivity index (χ3n) is 12.2. The molecule has 0 bridgehead atoms. The number of unbranched alkanes of at least 4 members (excludes halogenated alkanes) is 26. The molecule has 9 nitrogen and oxygen atoms in total. The fourth-order valence-corrected chi connectivity index (χ4v) is 8.54. The van der Waals surface area contributed by atoms with Crippen molar-refractivity contribution in [2.75, 3.05) is 47.5 Å². The van der Waals surface area contributed by atoms with Gasteiger partial charge in [-0.3, -0.25) is 18.6 Å². The van der Waals surface area contributed by atoms with Gasteiger partial charge in [0.2, 0.25) is 0 Å². The van der Waals surface area contributed by atoms with Crippen molar-refractivity contribution in [1.82, 2.24) is 0 Å². The van der Waals surface area contributed by atoms with Crippen molar-refractivity contribution in [3.63, 3.8) is 0 Å². The molecule has 0 aliphatic carbocycles. The van der Waals surface area contributed by atoms with Crippen LogP contribution in [-0.2, 0) is 32.7 Å². The van der Waals surface area contributed by atoms with Crippen LogP contribution in [0.2, 0.25) is 0 Å². The molecular formula is C60H109NO8P+. The maximum atomic E-state index is 12.8. The Bertz CT molecular complexity index is 1410. The number of phosphoric acid groups is 1. The van der Waals surface area contributed by atoms with Crippen LogP contribution in [0.5, 0.6) is 0 Å². The molecule has 0 aromatic carbocycles. The molecule has 0 aliphatic rings. The lowest BCUT2D eigenvalue weighted by atomic mass is 10.0. The molecule has 0 aromatic heterocycles. The second kappa shape index (κ2) is 51.4. The first-order valence-electron chi connectivity index (χ1n) is 28.7. The average molecular weight is 1000 g/mol. The fourth-order valence-electron chi connectivity index (χ4n) is 7.80. The largest absolute Gasteiger partial charge is 0.472 e. The van der Waals surface area contributed by atoms with Crippen molar-refractivity contribution >= 4 is 19.8 Å². The molecule has 0 aliphatic heterocycles. The average Bonchev–Trinajstić information content (AvgIpc) is 3.32. The molecule has 0 saturated heterocycles. The van der Waals surface area contributed by atoms with Gasteiger partial charge in [-0.1, -0.05) is 222 Å². The molecule has 1 N–H and O–H groups in total. The number of allylic oxidation sites excluding steroid dienone is 12. The highest BCUT2D eigenvalue weighted by Crippen LogP contribution is 2.43. The SMILES string of the molecule is CC/C=C\C/C=C\C/C=C\C/C=C\CCCCCCCCCCC(=O)OC(COC(=O)CCCCCCCCCCCCCCC/C=C\C/C=C\CCCCCCC)COP(=O)(O)OCC[N+](C)(C)C. The molecule has 70 heavy (non-hydrogen) atoms. The maximum Gasteiger partial charge on any atom is 0.472 e. The number of nitrogens with zero attached hydrogens (tertiary/aromatic N) is 1. The van der Waals surface area contributed by atoms with Crippen LogP contribution in [0.3, 0.4) is 0 Å². The van der Waals surface area contributed by atoms with E-state index in [4.69, 9.17) is 18.5 Å². The summed E-state index contributed by atoms with van der Waals surface area (Å²) in [4.78, 5) is 35.7. The number of carbonyl (C=O) groups excluding carboxylic acids is 2. The van der Waals surface area contributed by atoms with Crippen molar-refractivity contribution in [3.05, 3.63) is 72.9 Å². The standard InChI is InChI=1S/C60H108NO8P/c1-6-8-10-12-14-16-18-20-22-24-26-28-29-30-31-33-34-36-38-40-42-44-46-48-50-52-59(62)66-56-58(57-68-70(64,65)67-55-54-61(3,4)5)69-60(63)53-51-49-47-45-43-41-39-37-35-32-27-25-23-21-19-17-15-13-11-9-7-2/h9,11,15,17-18,20-21,23-24,26-27,32,58H,6-8,10,12-14,16,19,22,25,28-31,33-57H2,1-5H3/p+1/b11-9-,17-15-,20-18-,23-21-,26-24-,32-27-. The zero-order valence-electron chi connectivity index (χ0n) is 46.0. The zero-order valence-corrected chi connectivity index (χ0v) is 46.9. The lowest BCUT2D eigenvalue weighted by Gasteiger charge is -2.24. The predicted octanol–water partition coefficient (Wildman–Crippen LogP) is 17.7. The zero-order chi connectivity index (χ0) is 51.3. The Kier molecular flexibility index (Phi) is 49.5. The first kappa shape index (κ1) is 67.5. The number of rotatable bonds is 52. The van der Waals surface area contributed by atoms with Gasteiger partial charge in [-0.15, -0.1) is 0 Å². The maximum absolute atomic E-state index is 12.8. The number of likely N-dealkylation sites (N-methyl/N-ethyl adjacent to an activating group) is 1. The summed E-state index contributed by atoms with van der Waals surface area (Å²) in [6, 6.07) is 0. The van der Waals surface area contributed by atoms with E-state index in [9.17, 15) is 19.0 Å². The summed E-state index contributed by atoms with van der Waals surface area (Å²) in [6.45, 7) is 4.31. The van der Waals surface area contributed by atoms with Crippen LogP contribution >= 0.6 is 7.82 Å².